The molecule has 2 aromatic carbocycles. The van der Waals surface area contributed by atoms with Crippen LogP contribution in [-0.2, 0) is 11.3 Å². The Morgan fingerprint density at radius 3 is 2.61 bits per heavy atom. The third-order valence-electron chi connectivity index (χ3n) is 3.99. The van der Waals surface area contributed by atoms with Gasteiger partial charge in [-0.05, 0) is 36.6 Å². The Bertz CT molecular complexity index is 793. The highest BCUT2D eigenvalue weighted by molar-refractivity contribution is 6.30. The Morgan fingerprint density at radius 1 is 1.18 bits per heavy atom. The van der Waals surface area contributed by atoms with E-state index in [9.17, 15) is 4.79 Å². The molecule has 0 spiro atoms. The van der Waals surface area contributed by atoms with Crippen LogP contribution in [0.2, 0.25) is 5.02 Å². The van der Waals surface area contributed by atoms with Crippen molar-refractivity contribution < 1.29 is 14.3 Å². The molecule has 0 aliphatic heterocycles. The van der Waals surface area contributed by atoms with Crippen molar-refractivity contribution in [2.45, 2.75) is 40.2 Å². The molecule has 0 saturated heterocycles. The molecular formula is C22H29ClN2O3. The van der Waals surface area contributed by atoms with E-state index in [1.165, 1.54) is 0 Å². The molecule has 0 unspecified atom stereocenters. The predicted octanol–water partition coefficient (Wildman–Crippen LogP) is 5.73. The number of anilines is 2. The van der Waals surface area contributed by atoms with Gasteiger partial charge >= 0.3 is 0 Å². The summed E-state index contributed by atoms with van der Waals surface area (Å²) < 4.78 is 11.3. The second kappa shape index (κ2) is 10.8. The number of nitrogens with one attached hydrogen (secondary N) is 2. The van der Waals surface area contributed by atoms with Crippen LogP contribution >= 0.6 is 11.6 Å². The van der Waals surface area contributed by atoms with Crippen LogP contribution in [0.3, 0.4) is 0 Å². The van der Waals surface area contributed by atoms with Crippen LogP contribution in [0, 0.1) is 5.92 Å². The Hall–Kier alpha value is -2.40. The fraction of sp³-hybridized carbons (Fsp3) is 0.409. The number of carbonyl (C=O) groups is 1. The Morgan fingerprint density at radius 2 is 1.93 bits per heavy atom. The number of benzene rings is 2. The average molecular weight is 405 g/mol. The minimum Gasteiger partial charge on any atom is -0.493 e. The molecule has 0 aliphatic carbocycles. The maximum absolute atomic E-state index is 12.0. The van der Waals surface area contributed by atoms with Crippen molar-refractivity contribution >= 4 is 28.9 Å². The number of rotatable bonds is 10. The summed E-state index contributed by atoms with van der Waals surface area (Å²) in [7, 11) is 1.60. The largest absolute Gasteiger partial charge is 0.493 e. The molecule has 0 bridgehead atoms. The molecule has 0 aliphatic rings. The number of amides is 1. The molecule has 0 heterocycles. The first-order chi connectivity index (χ1) is 13.4. The Kier molecular flexibility index (Phi) is 8.45. The molecule has 2 aromatic rings. The van der Waals surface area contributed by atoms with Crippen LogP contribution in [0.4, 0.5) is 11.4 Å². The molecule has 0 atom stereocenters. The molecule has 0 radical (unpaired) electrons. The van der Waals surface area contributed by atoms with Gasteiger partial charge in [0, 0.05) is 41.0 Å². The quantitative estimate of drug-likeness (QED) is 0.530. The third kappa shape index (κ3) is 6.64. The summed E-state index contributed by atoms with van der Waals surface area (Å²) in [6.07, 6.45) is 1.40. The van der Waals surface area contributed by atoms with Crippen LogP contribution in [0.5, 0.6) is 11.5 Å². The molecule has 6 heteroatoms. The van der Waals surface area contributed by atoms with Crippen LogP contribution in [-0.4, -0.2) is 19.6 Å². The maximum Gasteiger partial charge on any atom is 0.224 e. The minimum atomic E-state index is 0.0157. The van der Waals surface area contributed by atoms with E-state index in [-0.39, 0.29) is 5.91 Å². The molecule has 0 fully saturated rings. The van der Waals surface area contributed by atoms with Crippen LogP contribution in [0.1, 0.15) is 39.2 Å². The van der Waals surface area contributed by atoms with Gasteiger partial charge in [0.05, 0.1) is 13.7 Å². The summed E-state index contributed by atoms with van der Waals surface area (Å²) in [6, 6.07) is 11.3. The molecular weight excluding hydrogens is 376 g/mol. The fourth-order valence-corrected chi connectivity index (χ4v) is 2.99. The van der Waals surface area contributed by atoms with Gasteiger partial charge in [0.1, 0.15) is 0 Å². The topological polar surface area (TPSA) is 59.6 Å². The highest BCUT2D eigenvalue weighted by atomic mass is 35.5. The summed E-state index contributed by atoms with van der Waals surface area (Å²) >= 11 is 6.23. The third-order valence-corrected chi connectivity index (χ3v) is 4.21. The van der Waals surface area contributed by atoms with Gasteiger partial charge in [0.2, 0.25) is 5.91 Å². The van der Waals surface area contributed by atoms with Crippen molar-refractivity contribution in [3.8, 4) is 11.5 Å². The minimum absolute atomic E-state index is 0.0157. The maximum atomic E-state index is 12.0. The summed E-state index contributed by atoms with van der Waals surface area (Å²) in [6.45, 7) is 7.21. The highest BCUT2D eigenvalue weighted by Gasteiger charge is 2.13. The molecule has 2 rings (SSSR count). The van der Waals surface area contributed by atoms with Crippen LogP contribution in [0.25, 0.3) is 0 Å². The molecule has 28 heavy (non-hydrogen) atoms. The number of halogens is 1. The molecule has 152 valence electrons. The predicted molar refractivity (Wildman–Crippen MR) is 116 cm³/mol. The highest BCUT2D eigenvalue weighted by Crippen LogP contribution is 2.35. The van der Waals surface area contributed by atoms with E-state index < -0.39 is 0 Å². The summed E-state index contributed by atoms with van der Waals surface area (Å²) in [4.78, 5) is 12.0. The first-order valence-corrected chi connectivity index (χ1v) is 9.93. The van der Waals surface area contributed by atoms with E-state index in [1.807, 2.05) is 44.2 Å². The van der Waals surface area contributed by atoms with E-state index in [0.717, 1.165) is 23.4 Å². The molecule has 5 nitrogen and oxygen atoms in total. The van der Waals surface area contributed by atoms with Crippen molar-refractivity contribution in [2.75, 3.05) is 24.4 Å². The standard InChI is InChI=1S/C22H29ClN2O3/c1-5-9-28-22-16(11-17(23)12-20(22)27-4)14-24-18-7-6-8-19(13-18)25-21(26)10-15(2)3/h6-8,11-13,15,24H,5,9-10,14H2,1-4H3,(H,25,26). The zero-order valence-corrected chi connectivity index (χ0v) is 17.7. The molecule has 0 saturated carbocycles. The molecule has 1 amide bonds. The van der Waals surface area contributed by atoms with Gasteiger partial charge in [0.25, 0.3) is 0 Å². The monoisotopic (exact) mass is 404 g/mol. The number of methoxy groups -OCH3 is 1. The lowest BCUT2D eigenvalue weighted by molar-refractivity contribution is -0.116. The lowest BCUT2D eigenvalue weighted by Crippen LogP contribution is -2.14. The fourth-order valence-electron chi connectivity index (χ4n) is 2.76. The molecule has 2 N–H and O–H groups in total. The van der Waals surface area contributed by atoms with Gasteiger partial charge in [-0.2, -0.15) is 0 Å². The first-order valence-electron chi connectivity index (χ1n) is 9.56. The smallest absolute Gasteiger partial charge is 0.224 e. The van der Waals surface area contributed by atoms with Crippen molar-refractivity contribution in [1.82, 2.24) is 0 Å². The average Bonchev–Trinajstić information content (AvgIpc) is 2.64. The summed E-state index contributed by atoms with van der Waals surface area (Å²) in [5.41, 5.74) is 2.57. The van der Waals surface area contributed by atoms with Gasteiger partial charge < -0.3 is 20.1 Å². The second-order valence-electron chi connectivity index (χ2n) is 7.03. The normalized spacial score (nSPS) is 10.6. The van der Waals surface area contributed by atoms with E-state index in [4.69, 9.17) is 21.1 Å². The van der Waals surface area contributed by atoms with E-state index >= 15 is 0 Å². The van der Waals surface area contributed by atoms with Gasteiger partial charge in [-0.15, -0.1) is 0 Å². The van der Waals surface area contributed by atoms with E-state index in [2.05, 4.69) is 17.6 Å². The van der Waals surface area contributed by atoms with E-state index in [0.29, 0.717) is 42.0 Å². The van der Waals surface area contributed by atoms with Gasteiger partial charge in [-0.3, -0.25) is 4.79 Å². The van der Waals surface area contributed by atoms with Crippen molar-refractivity contribution in [3.05, 3.63) is 47.0 Å². The number of carbonyl (C=O) groups excluding carboxylic acids is 1. The summed E-state index contributed by atoms with van der Waals surface area (Å²) in [5.74, 6) is 1.65. The number of hydrogen-bond donors (Lipinski definition) is 2. The Labute approximate surface area is 172 Å². The Balaban J connectivity index is 2.12. The molecule has 0 aromatic heterocycles. The van der Waals surface area contributed by atoms with Crippen molar-refractivity contribution in [3.63, 3.8) is 0 Å². The second-order valence-corrected chi connectivity index (χ2v) is 7.46. The van der Waals surface area contributed by atoms with Crippen LogP contribution < -0.4 is 20.1 Å². The lowest BCUT2D eigenvalue weighted by Gasteiger charge is -2.17. The summed E-state index contributed by atoms with van der Waals surface area (Å²) in [5, 5.41) is 6.89. The zero-order chi connectivity index (χ0) is 20.5. The van der Waals surface area contributed by atoms with Gasteiger partial charge in [-0.25, -0.2) is 0 Å². The lowest BCUT2D eigenvalue weighted by atomic mass is 10.1. The zero-order valence-electron chi connectivity index (χ0n) is 17.0. The van der Waals surface area contributed by atoms with E-state index in [1.54, 1.807) is 13.2 Å². The van der Waals surface area contributed by atoms with Crippen molar-refractivity contribution in [2.24, 2.45) is 5.92 Å². The van der Waals surface area contributed by atoms with Gasteiger partial charge in [-0.1, -0.05) is 38.4 Å². The van der Waals surface area contributed by atoms with Crippen LogP contribution in [0.15, 0.2) is 36.4 Å². The number of hydrogen-bond acceptors (Lipinski definition) is 4. The van der Waals surface area contributed by atoms with Gasteiger partial charge in [0.15, 0.2) is 11.5 Å². The first kappa shape index (κ1) is 21.9. The van der Waals surface area contributed by atoms with Crippen molar-refractivity contribution in [1.29, 1.82) is 0 Å². The SMILES string of the molecule is CCCOc1c(CNc2cccc(NC(=O)CC(C)C)c2)cc(Cl)cc1OC. The number of ether oxygens (including phenoxy) is 2.